The van der Waals surface area contributed by atoms with Crippen molar-refractivity contribution in [2.45, 2.75) is 46.1 Å². The van der Waals surface area contributed by atoms with Gasteiger partial charge in [-0.2, -0.15) is 14.8 Å². The van der Waals surface area contributed by atoms with Crippen molar-refractivity contribution < 1.29 is 9.53 Å². The summed E-state index contributed by atoms with van der Waals surface area (Å²) in [5.74, 6) is 0.123. The van der Waals surface area contributed by atoms with E-state index in [9.17, 15) is 9.59 Å². The second kappa shape index (κ2) is 7.12. The first-order valence-corrected chi connectivity index (χ1v) is 9.87. The Kier molecular flexibility index (Phi) is 4.71. The molecule has 0 atom stereocenters. The highest BCUT2D eigenvalue weighted by atomic mass is 16.6. The van der Waals surface area contributed by atoms with Crippen molar-refractivity contribution in [1.29, 1.82) is 0 Å². The number of aromatic nitrogens is 5. The molecule has 2 N–H and O–H groups in total. The van der Waals surface area contributed by atoms with Crippen LogP contribution in [0.15, 0.2) is 23.3 Å². The van der Waals surface area contributed by atoms with Crippen LogP contribution in [0.5, 0.6) is 0 Å². The Balaban J connectivity index is 1.87. The van der Waals surface area contributed by atoms with E-state index < -0.39 is 11.7 Å². The van der Waals surface area contributed by atoms with Crippen LogP contribution in [-0.2, 0) is 4.74 Å². The summed E-state index contributed by atoms with van der Waals surface area (Å²) in [6, 6.07) is 1.73. The van der Waals surface area contributed by atoms with Crippen LogP contribution in [0, 0.1) is 6.92 Å². The van der Waals surface area contributed by atoms with Crippen LogP contribution >= 0.6 is 0 Å². The number of hydrogen-bond donors (Lipinski definition) is 1. The molecule has 158 valence electrons. The molecule has 30 heavy (non-hydrogen) atoms. The Morgan fingerprint density at radius 2 is 1.90 bits per heavy atom. The van der Waals surface area contributed by atoms with E-state index in [4.69, 9.17) is 10.5 Å². The number of anilines is 1. The lowest BCUT2D eigenvalue weighted by molar-refractivity contribution is 0.0514. The highest BCUT2D eigenvalue weighted by Crippen LogP contribution is 2.24. The fraction of sp³-hybridized carbons (Fsp3) is 0.450. The lowest BCUT2D eigenvalue weighted by Crippen LogP contribution is -2.41. The van der Waals surface area contributed by atoms with Gasteiger partial charge in [-0.05, 0) is 46.6 Å². The van der Waals surface area contributed by atoms with Gasteiger partial charge in [0, 0.05) is 30.2 Å². The Morgan fingerprint density at radius 3 is 2.57 bits per heavy atom. The number of nitrogen functional groups attached to an aromatic ring is 1. The van der Waals surface area contributed by atoms with Gasteiger partial charge in [0.15, 0.2) is 5.65 Å². The molecule has 1 saturated heterocycles. The second-order valence-electron chi connectivity index (χ2n) is 8.39. The van der Waals surface area contributed by atoms with E-state index in [0.29, 0.717) is 22.5 Å². The Labute approximate surface area is 173 Å². The third kappa shape index (κ3) is 3.60. The first-order valence-electron chi connectivity index (χ1n) is 9.87. The SMILES string of the molecule is Cc1nc(N)nc2c1cc(-c1cnn(C(=O)OC(C)(C)C)c1)c(=O)n2N1CCCC1. The molecule has 1 fully saturated rings. The molecular weight excluding hydrogens is 386 g/mol. The Hall–Kier alpha value is -3.43. The zero-order chi connectivity index (χ0) is 21.6. The zero-order valence-corrected chi connectivity index (χ0v) is 17.5. The summed E-state index contributed by atoms with van der Waals surface area (Å²) >= 11 is 0. The number of aryl methyl sites for hydroxylation is 1. The molecule has 1 aliphatic heterocycles. The molecular formula is C20H25N7O3. The normalized spacial score (nSPS) is 14.5. The minimum absolute atomic E-state index is 0.123. The van der Waals surface area contributed by atoms with Crippen LogP contribution in [0.25, 0.3) is 22.2 Å². The number of carbonyl (C=O) groups is 1. The van der Waals surface area contributed by atoms with Gasteiger partial charge in [0.25, 0.3) is 5.56 Å². The molecule has 0 radical (unpaired) electrons. The molecule has 0 spiro atoms. The molecule has 10 heteroatoms. The molecule has 1 aliphatic rings. The molecule has 0 amide bonds. The van der Waals surface area contributed by atoms with Crippen molar-refractivity contribution in [3.63, 3.8) is 0 Å². The number of nitrogens with two attached hydrogens (primary N) is 1. The van der Waals surface area contributed by atoms with Gasteiger partial charge >= 0.3 is 6.09 Å². The van der Waals surface area contributed by atoms with Crippen molar-refractivity contribution in [1.82, 2.24) is 24.4 Å². The third-order valence-electron chi connectivity index (χ3n) is 4.88. The maximum atomic E-state index is 13.5. The lowest BCUT2D eigenvalue weighted by atomic mass is 10.1. The van der Waals surface area contributed by atoms with Crippen molar-refractivity contribution in [2.75, 3.05) is 23.8 Å². The van der Waals surface area contributed by atoms with Gasteiger partial charge in [0.2, 0.25) is 5.95 Å². The van der Waals surface area contributed by atoms with Gasteiger partial charge in [0.05, 0.1) is 17.5 Å². The monoisotopic (exact) mass is 411 g/mol. The zero-order valence-electron chi connectivity index (χ0n) is 17.5. The maximum absolute atomic E-state index is 13.5. The average molecular weight is 411 g/mol. The van der Waals surface area contributed by atoms with Crippen LogP contribution in [0.2, 0.25) is 0 Å². The van der Waals surface area contributed by atoms with Gasteiger partial charge in [-0.1, -0.05) is 0 Å². The van der Waals surface area contributed by atoms with Gasteiger partial charge in [-0.3, -0.25) is 4.79 Å². The molecule has 0 saturated carbocycles. The number of ether oxygens (including phenoxy) is 1. The summed E-state index contributed by atoms with van der Waals surface area (Å²) in [6.07, 6.45) is 4.36. The molecule has 10 nitrogen and oxygen atoms in total. The number of fused-ring (bicyclic) bond motifs is 1. The standard InChI is InChI=1S/C20H25N7O3/c1-12-14-9-15(13-10-22-26(11-13)19(29)30-20(2,3)4)17(28)27(25-7-5-6-8-25)16(14)24-18(21)23-12/h9-11H,5-8H2,1-4H3,(H2,21,23,24). The van der Waals surface area contributed by atoms with Gasteiger partial charge in [-0.15, -0.1) is 0 Å². The van der Waals surface area contributed by atoms with E-state index in [1.54, 1.807) is 31.5 Å². The Morgan fingerprint density at radius 1 is 1.20 bits per heavy atom. The summed E-state index contributed by atoms with van der Waals surface area (Å²) in [7, 11) is 0. The number of carbonyl (C=O) groups excluding carboxylic acids is 1. The van der Waals surface area contributed by atoms with Crippen LogP contribution < -0.4 is 16.3 Å². The molecule has 4 heterocycles. The van der Waals surface area contributed by atoms with Crippen molar-refractivity contribution >= 4 is 23.1 Å². The summed E-state index contributed by atoms with van der Waals surface area (Å²) in [4.78, 5) is 34.4. The first kappa shape index (κ1) is 19.9. The van der Waals surface area contributed by atoms with E-state index in [1.165, 1.54) is 12.4 Å². The highest BCUT2D eigenvalue weighted by molar-refractivity contribution is 5.84. The Bertz CT molecular complexity index is 1180. The maximum Gasteiger partial charge on any atom is 0.435 e. The van der Waals surface area contributed by atoms with Crippen LogP contribution in [0.4, 0.5) is 10.7 Å². The summed E-state index contributed by atoms with van der Waals surface area (Å²) in [6.45, 7) is 8.66. The van der Waals surface area contributed by atoms with Gasteiger partial charge in [0.1, 0.15) is 5.60 Å². The van der Waals surface area contributed by atoms with Gasteiger partial charge < -0.3 is 15.5 Å². The molecule has 3 aromatic rings. The minimum atomic E-state index is -0.650. The van der Waals surface area contributed by atoms with Crippen molar-refractivity contribution in [3.8, 4) is 11.1 Å². The average Bonchev–Trinajstić information content (AvgIpc) is 3.31. The van der Waals surface area contributed by atoms with E-state index in [-0.39, 0.29) is 11.5 Å². The molecule has 0 aliphatic carbocycles. The molecule has 0 bridgehead atoms. The lowest BCUT2D eigenvalue weighted by Gasteiger charge is -2.23. The van der Waals surface area contributed by atoms with E-state index >= 15 is 0 Å². The third-order valence-corrected chi connectivity index (χ3v) is 4.88. The summed E-state index contributed by atoms with van der Waals surface area (Å²) in [5.41, 5.74) is 7.03. The van der Waals surface area contributed by atoms with Crippen molar-refractivity contribution in [2.24, 2.45) is 0 Å². The van der Waals surface area contributed by atoms with Crippen molar-refractivity contribution in [3.05, 3.63) is 34.5 Å². The predicted molar refractivity (Wildman–Crippen MR) is 113 cm³/mol. The topological polar surface area (TPSA) is 121 Å². The predicted octanol–water partition coefficient (Wildman–Crippen LogP) is 2.06. The number of hydrogen-bond acceptors (Lipinski definition) is 8. The minimum Gasteiger partial charge on any atom is -0.442 e. The van der Waals surface area contributed by atoms with E-state index in [1.807, 2.05) is 11.9 Å². The van der Waals surface area contributed by atoms with Crippen LogP contribution in [0.1, 0.15) is 39.3 Å². The number of nitrogens with zero attached hydrogens (tertiary/aromatic N) is 6. The molecule has 0 unspecified atom stereocenters. The van der Waals surface area contributed by atoms with E-state index in [0.717, 1.165) is 36.0 Å². The van der Waals surface area contributed by atoms with Crippen LogP contribution in [-0.4, -0.2) is 49.2 Å². The van der Waals surface area contributed by atoms with E-state index in [2.05, 4.69) is 15.1 Å². The molecule has 3 aromatic heterocycles. The fourth-order valence-corrected chi connectivity index (χ4v) is 3.57. The summed E-state index contributed by atoms with van der Waals surface area (Å²) in [5, 5.41) is 6.78. The molecule has 0 aromatic carbocycles. The largest absolute Gasteiger partial charge is 0.442 e. The quantitative estimate of drug-likeness (QED) is 0.680. The fourth-order valence-electron chi connectivity index (χ4n) is 3.57. The first-order chi connectivity index (χ1) is 14.1. The smallest absolute Gasteiger partial charge is 0.435 e. The van der Waals surface area contributed by atoms with Gasteiger partial charge in [-0.25, -0.2) is 14.5 Å². The highest BCUT2D eigenvalue weighted by Gasteiger charge is 2.23. The summed E-state index contributed by atoms with van der Waals surface area (Å²) < 4.78 is 8.02. The number of pyridine rings is 1. The second-order valence-corrected chi connectivity index (χ2v) is 8.39. The van der Waals surface area contributed by atoms with Crippen LogP contribution in [0.3, 0.4) is 0 Å². The number of rotatable bonds is 2. The molecule has 4 rings (SSSR count).